The van der Waals surface area contributed by atoms with Gasteiger partial charge in [0.05, 0.1) is 11.3 Å². The summed E-state index contributed by atoms with van der Waals surface area (Å²) in [7, 11) is 0. The number of benzene rings is 2. The van der Waals surface area contributed by atoms with Gasteiger partial charge < -0.3 is 15.5 Å². The van der Waals surface area contributed by atoms with Gasteiger partial charge in [0.2, 0.25) is 5.91 Å². The Kier molecular flexibility index (Phi) is 5.69. The molecule has 7 heteroatoms. The van der Waals surface area contributed by atoms with E-state index in [0.717, 1.165) is 30.8 Å². The maximum atomic E-state index is 13.4. The molecule has 5 rings (SSSR count). The molecule has 0 aliphatic carbocycles. The van der Waals surface area contributed by atoms with E-state index in [9.17, 15) is 9.59 Å². The lowest BCUT2D eigenvalue weighted by Crippen LogP contribution is -2.60. The molecule has 3 heterocycles. The van der Waals surface area contributed by atoms with Crippen LogP contribution in [0.1, 0.15) is 29.6 Å². The van der Waals surface area contributed by atoms with Crippen molar-refractivity contribution in [2.24, 2.45) is 0 Å². The fraction of sp³-hybridized carbons (Fsp3) is 0.417. The lowest BCUT2D eigenvalue weighted by Gasteiger charge is -2.41. The number of nitrogens with one attached hydrogen (secondary N) is 2. The Hall–Kier alpha value is -2.41. The van der Waals surface area contributed by atoms with Crippen LogP contribution in [0, 0.1) is 0 Å². The van der Waals surface area contributed by atoms with Crippen LogP contribution in [0.3, 0.4) is 0 Å². The summed E-state index contributed by atoms with van der Waals surface area (Å²) in [4.78, 5) is 30.5. The molecule has 6 nitrogen and oxygen atoms in total. The van der Waals surface area contributed by atoms with Crippen LogP contribution in [0.5, 0.6) is 0 Å². The normalized spacial score (nSPS) is 24.2. The van der Waals surface area contributed by atoms with Crippen molar-refractivity contribution in [3.63, 3.8) is 0 Å². The quantitative estimate of drug-likeness (QED) is 0.772. The molecule has 0 bridgehead atoms. The third-order valence-electron chi connectivity index (χ3n) is 6.60. The number of fused-ring (bicyclic) bond motifs is 2. The fourth-order valence-corrected chi connectivity index (χ4v) is 5.01. The number of hydrogen-bond acceptors (Lipinski definition) is 4. The fourth-order valence-electron chi connectivity index (χ4n) is 4.89. The zero-order valence-corrected chi connectivity index (χ0v) is 18.2. The molecule has 3 aliphatic rings. The number of amides is 2. The first-order valence-electron chi connectivity index (χ1n) is 11.1. The molecule has 2 aromatic carbocycles. The first-order chi connectivity index (χ1) is 15.1. The molecule has 2 atom stereocenters. The summed E-state index contributed by atoms with van der Waals surface area (Å²) in [6.45, 7) is 3.93. The smallest absolute Gasteiger partial charge is 0.256 e. The third kappa shape index (κ3) is 4.20. The molecule has 2 aromatic rings. The van der Waals surface area contributed by atoms with Gasteiger partial charge in [-0.05, 0) is 54.8 Å². The van der Waals surface area contributed by atoms with Crippen LogP contribution >= 0.6 is 11.6 Å². The molecule has 2 amide bonds. The largest absolute Gasteiger partial charge is 0.324 e. The molecule has 0 radical (unpaired) electrons. The van der Waals surface area contributed by atoms with Crippen LogP contribution in [0.4, 0.5) is 5.69 Å². The van der Waals surface area contributed by atoms with Crippen molar-refractivity contribution < 1.29 is 9.59 Å². The Bertz CT molecular complexity index is 988. The molecule has 2 saturated heterocycles. The lowest BCUT2D eigenvalue weighted by atomic mass is 10.0. The van der Waals surface area contributed by atoms with Gasteiger partial charge in [-0.1, -0.05) is 36.2 Å². The summed E-state index contributed by atoms with van der Waals surface area (Å²) in [5.41, 5.74) is 3.05. The van der Waals surface area contributed by atoms with E-state index in [2.05, 4.69) is 15.5 Å². The van der Waals surface area contributed by atoms with E-state index in [1.807, 2.05) is 42.5 Å². The minimum Gasteiger partial charge on any atom is -0.324 e. The SMILES string of the molecule is O=C1Nc2ccc(-c3ccc(Cl)cc3)cc2C(=O)N2CCN(CC3CCCCN3)CC12. The van der Waals surface area contributed by atoms with Crippen LogP contribution in [0.2, 0.25) is 5.02 Å². The summed E-state index contributed by atoms with van der Waals surface area (Å²) >= 11 is 6.01. The van der Waals surface area contributed by atoms with Gasteiger partial charge >= 0.3 is 0 Å². The van der Waals surface area contributed by atoms with E-state index >= 15 is 0 Å². The van der Waals surface area contributed by atoms with Crippen molar-refractivity contribution in [3.8, 4) is 11.1 Å². The van der Waals surface area contributed by atoms with Crippen molar-refractivity contribution in [2.75, 3.05) is 38.0 Å². The second kappa shape index (κ2) is 8.61. The number of rotatable bonds is 3. The number of halogens is 1. The van der Waals surface area contributed by atoms with Crippen LogP contribution in [0.25, 0.3) is 11.1 Å². The second-order valence-electron chi connectivity index (χ2n) is 8.68. The second-order valence-corrected chi connectivity index (χ2v) is 9.11. The summed E-state index contributed by atoms with van der Waals surface area (Å²) in [6.07, 6.45) is 3.67. The van der Waals surface area contributed by atoms with Crippen molar-refractivity contribution in [1.82, 2.24) is 15.1 Å². The van der Waals surface area contributed by atoms with Gasteiger partial charge in [0.25, 0.3) is 5.91 Å². The van der Waals surface area contributed by atoms with Crippen LogP contribution < -0.4 is 10.6 Å². The average molecular weight is 439 g/mol. The molecule has 162 valence electrons. The Morgan fingerprint density at radius 2 is 1.81 bits per heavy atom. The standard InChI is InChI=1S/C24H27ClN4O2/c25-18-7-4-16(5-8-18)17-6-9-21-20(13-17)24(31)29-12-11-28(15-22(29)23(30)27-21)14-19-3-1-2-10-26-19/h4-9,13,19,22,26H,1-3,10-12,14-15H2,(H,27,30). The minimum atomic E-state index is -0.462. The molecule has 3 aliphatic heterocycles. The van der Waals surface area contributed by atoms with Gasteiger partial charge in [-0.15, -0.1) is 0 Å². The summed E-state index contributed by atoms with van der Waals surface area (Å²) in [5.74, 6) is -0.183. The highest BCUT2D eigenvalue weighted by molar-refractivity contribution is 6.30. The highest BCUT2D eigenvalue weighted by Gasteiger charge is 2.39. The van der Waals surface area contributed by atoms with Crippen molar-refractivity contribution in [3.05, 3.63) is 53.1 Å². The Morgan fingerprint density at radius 3 is 2.58 bits per heavy atom. The van der Waals surface area contributed by atoms with Crippen molar-refractivity contribution in [2.45, 2.75) is 31.3 Å². The first-order valence-corrected chi connectivity index (χ1v) is 11.4. The van der Waals surface area contributed by atoms with E-state index in [4.69, 9.17) is 11.6 Å². The predicted molar refractivity (Wildman–Crippen MR) is 122 cm³/mol. The van der Waals surface area contributed by atoms with E-state index in [-0.39, 0.29) is 11.8 Å². The van der Waals surface area contributed by atoms with Crippen LogP contribution in [-0.2, 0) is 4.79 Å². The number of nitrogens with zero attached hydrogens (tertiary/aromatic N) is 2. The molecule has 0 saturated carbocycles. The topological polar surface area (TPSA) is 64.7 Å². The Labute approximate surface area is 187 Å². The number of anilines is 1. The zero-order valence-electron chi connectivity index (χ0n) is 17.4. The molecule has 2 fully saturated rings. The van der Waals surface area contributed by atoms with Crippen molar-refractivity contribution in [1.29, 1.82) is 0 Å². The summed E-state index contributed by atoms with van der Waals surface area (Å²) in [6, 6.07) is 13.2. The number of carbonyl (C=O) groups excluding carboxylic acids is 2. The highest BCUT2D eigenvalue weighted by Crippen LogP contribution is 2.30. The van der Waals surface area contributed by atoms with Gasteiger partial charge in [-0.25, -0.2) is 0 Å². The van der Waals surface area contributed by atoms with Gasteiger partial charge in [-0.3, -0.25) is 14.5 Å². The number of hydrogen-bond donors (Lipinski definition) is 2. The molecular formula is C24H27ClN4O2. The van der Waals surface area contributed by atoms with E-state index in [1.54, 1.807) is 4.90 Å². The summed E-state index contributed by atoms with van der Waals surface area (Å²) in [5, 5.41) is 7.25. The number of piperidine rings is 1. The lowest BCUT2D eigenvalue weighted by molar-refractivity contribution is -0.122. The van der Waals surface area contributed by atoms with Gasteiger partial charge in [-0.2, -0.15) is 0 Å². The number of carbonyl (C=O) groups is 2. The van der Waals surface area contributed by atoms with E-state index in [0.29, 0.717) is 35.4 Å². The zero-order chi connectivity index (χ0) is 21.4. The third-order valence-corrected chi connectivity index (χ3v) is 6.86. The maximum Gasteiger partial charge on any atom is 0.256 e. The first kappa shape index (κ1) is 20.5. The maximum absolute atomic E-state index is 13.4. The number of piperazine rings is 1. The molecule has 0 spiro atoms. The van der Waals surface area contributed by atoms with Gasteiger partial charge in [0.15, 0.2) is 0 Å². The van der Waals surface area contributed by atoms with Gasteiger partial charge in [0.1, 0.15) is 6.04 Å². The van der Waals surface area contributed by atoms with Crippen molar-refractivity contribution >= 4 is 29.1 Å². The summed E-state index contributed by atoms with van der Waals surface area (Å²) < 4.78 is 0. The average Bonchev–Trinajstić information content (AvgIpc) is 2.89. The van der Waals surface area contributed by atoms with E-state index in [1.165, 1.54) is 19.3 Å². The molecule has 2 unspecified atom stereocenters. The Morgan fingerprint density at radius 1 is 1.00 bits per heavy atom. The molecule has 2 N–H and O–H groups in total. The molecule has 0 aromatic heterocycles. The predicted octanol–water partition coefficient (Wildman–Crippen LogP) is 3.23. The molecular weight excluding hydrogens is 412 g/mol. The van der Waals surface area contributed by atoms with Crippen LogP contribution in [0.15, 0.2) is 42.5 Å². The van der Waals surface area contributed by atoms with E-state index < -0.39 is 6.04 Å². The molecule has 31 heavy (non-hydrogen) atoms. The van der Waals surface area contributed by atoms with Gasteiger partial charge in [0, 0.05) is 37.2 Å². The Balaban J connectivity index is 1.37. The van der Waals surface area contributed by atoms with Crippen LogP contribution in [-0.4, -0.2) is 66.4 Å². The minimum absolute atomic E-state index is 0.0791. The monoisotopic (exact) mass is 438 g/mol. The highest BCUT2D eigenvalue weighted by atomic mass is 35.5.